The Labute approximate surface area is 272 Å². The standard InChI is InChI=1S/C29H32N4O13P2/c1-42-21-10-5-7-19(15-21)22-17-33-25(31-22)12-13-32(29(33)37)26-16-23(45-28(36)30-20-8-3-2-4-9-20)24(44-26)18-43-48(40,41)46-47(38,39)14-6-11-27(34)35/h2-5,7-10,12-13,15,17,23-24,26H,6,11,14,16,18H2,1H3,(H,30,36)(H,34,35)(H,38,39)(H,40,41). The highest BCUT2D eigenvalue weighted by Crippen LogP contribution is 2.60. The lowest BCUT2D eigenvalue weighted by atomic mass is 10.1. The third-order valence-electron chi connectivity index (χ3n) is 7.14. The zero-order chi connectivity index (χ0) is 34.5. The van der Waals surface area contributed by atoms with Crippen LogP contribution in [0.4, 0.5) is 10.5 Å². The zero-order valence-electron chi connectivity index (χ0n) is 25.4. The van der Waals surface area contributed by atoms with Gasteiger partial charge in [-0.1, -0.05) is 30.3 Å². The number of para-hydroxylation sites is 1. The van der Waals surface area contributed by atoms with Crippen LogP contribution in [0.5, 0.6) is 5.75 Å². The highest BCUT2D eigenvalue weighted by atomic mass is 31.3. The first-order valence-corrected chi connectivity index (χ1v) is 17.7. The summed E-state index contributed by atoms with van der Waals surface area (Å²) in [6, 6.07) is 17.1. The summed E-state index contributed by atoms with van der Waals surface area (Å²) in [5.41, 5.74) is 1.43. The van der Waals surface area contributed by atoms with Crippen molar-refractivity contribution in [2.24, 2.45) is 0 Å². The molecule has 5 atom stereocenters. The number of amides is 1. The quantitative estimate of drug-likeness (QED) is 0.134. The molecule has 1 amide bonds. The number of methoxy groups -OCH3 is 1. The fourth-order valence-electron chi connectivity index (χ4n) is 4.92. The van der Waals surface area contributed by atoms with E-state index in [9.17, 15) is 33.3 Å². The molecule has 256 valence electrons. The zero-order valence-corrected chi connectivity index (χ0v) is 27.1. The second-order valence-corrected chi connectivity index (χ2v) is 14.2. The number of carboxylic acids is 1. The Morgan fingerprint density at radius 1 is 1.10 bits per heavy atom. The van der Waals surface area contributed by atoms with Gasteiger partial charge in [0.05, 0.1) is 25.6 Å². The maximum absolute atomic E-state index is 13.6. The van der Waals surface area contributed by atoms with Gasteiger partial charge in [0.2, 0.25) is 0 Å². The average Bonchev–Trinajstić information content (AvgIpc) is 3.65. The normalized spacial score (nSPS) is 20.1. The van der Waals surface area contributed by atoms with E-state index in [1.165, 1.54) is 22.3 Å². The lowest BCUT2D eigenvalue weighted by Gasteiger charge is -2.21. The van der Waals surface area contributed by atoms with Crippen LogP contribution in [0.3, 0.4) is 0 Å². The maximum atomic E-state index is 13.6. The lowest BCUT2D eigenvalue weighted by Crippen LogP contribution is -2.32. The van der Waals surface area contributed by atoms with Crippen molar-refractivity contribution in [3.05, 3.63) is 83.5 Å². The summed E-state index contributed by atoms with van der Waals surface area (Å²) in [5, 5.41) is 11.3. The van der Waals surface area contributed by atoms with Gasteiger partial charge >= 0.3 is 33.2 Å². The number of carbonyl (C=O) groups excluding carboxylic acids is 1. The topological polar surface area (TPSA) is 226 Å². The minimum absolute atomic E-state index is 0.0939. The summed E-state index contributed by atoms with van der Waals surface area (Å²) in [4.78, 5) is 61.7. The van der Waals surface area contributed by atoms with E-state index >= 15 is 0 Å². The van der Waals surface area contributed by atoms with Crippen molar-refractivity contribution in [1.29, 1.82) is 0 Å². The molecule has 2 aromatic heterocycles. The number of hydrogen-bond acceptors (Lipinski definition) is 11. The molecule has 3 heterocycles. The van der Waals surface area contributed by atoms with Gasteiger partial charge in [-0.2, -0.15) is 0 Å². The number of benzene rings is 2. The molecule has 1 saturated heterocycles. The molecule has 0 bridgehead atoms. The summed E-state index contributed by atoms with van der Waals surface area (Å²) in [7, 11) is -8.39. The van der Waals surface area contributed by atoms with Crippen LogP contribution in [-0.2, 0) is 32.2 Å². The molecule has 5 rings (SSSR count). The van der Waals surface area contributed by atoms with E-state index in [2.05, 4.69) is 14.6 Å². The van der Waals surface area contributed by atoms with Gasteiger partial charge in [0.15, 0.2) is 0 Å². The molecule has 1 fully saturated rings. The molecule has 1 aliphatic rings. The summed E-state index contributed by atoms with van der Waals surface area (Å²) < 4.78 is 53.6. The predicted octanol–water partition coefficient (Wildman–Crippen LogP) is 4.26. The van der Waals surface area contributed by atoms with Gasteiger partial charge in [-0.3, -0.25) is 28.2 Å². The maximum Gasteiger partial charge on any atom is 0.479 e. The molecule has 1 aliphatic heterocycles. The third kappa shape index (κ3) is 8.96. The van der Waals surface area contributed by atoms with Crippen LogP contribution in [0.1, 0.15) is 25.5 Å². The van der Waals surface area contributed by atoms with Crippen LogP contribution >= 0.6 is 15.4 Å². The van der Waals surface area contributed by atoms with Crippen LogP contribution in [0.2, 0.25) is 0 Å². The Morgan fingerprint density at radius 3 is 2.60 bits per heavy atom. The molecule has 4 N–H and O–H groups in total. The Morgan fingerprint density at radius 2 is 1.88 bits per heavy atom. The van der Waals surface area contributed by atoms with Crippen molar-refractivity contribution in [2.75, 3.05) is 25.2 Å². The number of aliphatic carboxylic acids is 1. The number of carboxylic acid groups (broad SMARTS) is 1. The number of anilines is 1. The molecule has 2 aromatic carbocycles. The number of imidazole rings is 1. The number of hydrogen-bond donors (Lipinski definition) is 4. The van der Waals surface area contributed by atoms with Crippen molar-refractivity contribution in [3.63, 3.8) is 0 Å². The van der Waals surface area contributed by atoms with E-state index in [1.54, 1.807) is 60.8 Å². The summed E-state index contributed by atoms with van der Waals surface area (Å²) in [6.45, 7) is -0.759. The molecule has 4 aromatic rings. The number of nitrogens with zero attached hydrogens (tertiary/aromatic N) is 3. The van der Waals surface area contributed by atoms with Crippen molar-refractivity contribution in [2.45, 2.75) is 37.7 Å². The van der Waals surface area contributed by atoms with Crippen LogP contribution in [0, 0.1) is 0 Å². The molecular weight excluding hydrogens is 674 g/mol. The van der Waals surface area contributed by atoms with Gasteiger partial charge in [-0.15, -0.1) is 0 Å². The largest absolute Gasteiger partial charge is 0.497 e. The van der Waals surface area contributed by atoms with Crippen molar-refractivity contribution < 1.29 is 56.7 Å². The van der Waals surface area contributed by atoms with Crippen LogP contribution < -0.4 is 15.7 Å². The number of nitrogens with one attached hydrogen (secondary N) is 1. The summed E-state index contributed by atoms with van der Waals surface area (Å²) in [5.74, 6) is -0.618. The van der Waals surface area contributed by atoms with Crippen molar-refractivity contribution in [3.8, 4) is 17.0 Å². The lowest BCUT2D eigenvalue weighted by molar-refractivity contribution is -0.137. The second kappa shape index (κ2) is 14.8. The minimum atomic E-state index is -5.20. The van der Waals surface area contributed by atoms with Crippen LogP contribution in [0.15, 0.2) is 77.9 Å². The molecule has 19 heteroatoms. The van der Waals surface area contributed by atoms with E-state index in [-0.39, 0.29) is 12.8 Å². The van der Waals surface area contributed by atoms with Gasteiger partial charge < -0.3 is 29.1 Å². The summed E-state index contributed by atoms with van der Waals surface area (Å²) in [6.07, 6.45) is -2.89. The Kier molecular flexibility index (Phi) is 10.8. The fraction of sp³-hybridized carbons (Fsp3) is 0.310. The van der Waals surface area contributed by atoms with Gasteiger partial charge in [-0.05, 0) is 36.8 Å². The highest BCUT2D eigenvalue weighted by Gasteiger charge is 2.42. The summed E-state index contributed by atoms with van der Waals surface area (Å²) >= 11 is 0. The Bertz CT molecular complexity index is 1930. The first-order valence-electron chi connectivity index (χ1n) is 14.5. The molecule has 0 saturated carbocycles. The van der Waals surface area contributed by atoms with Crippen LogP contribution in [-0.4, -0.2) is 73.0 Å². The third-order valence-corrected chi connectivity index (χ3v) is 10.3. The molecular formula is C29H32N4O13P2. The molecule has 0 spiro atoms. The van der Waals surface area contributed by atoms with E-state index < -0.39 is 70.8 Å². The number of rotatable bonds is 14. The first-order chi connectivity index (χ1) is 22.8. The van der Waals surface area contributed by atoms with Gasteiger partial charge in [-0.25, -0.2) is 23.4 Å². The smallest absolute Gasteiger partial charge is 0.479 e. The number of ether oxygens (including phenoxy) is 3. The Balaban J connectivity index is 1.34. The number of fused-ring (bicyclic) bond motifs is 1. The van der Waals surface area contributed by atoms with Gasteiger partial charge in [0.1, 0.15) is 29.8 Å². The Hall–Kier alpha value is -4.34. The fourth-order valence-corrected chi connectivity index (χ4v) is 7.61. The number of phosphoric acid groups is 1. The van der Waals surface area contributed by atoms with Gasteiger partial charge in [0, 0.05) is 36.5 Å². The van der Waals surface area contributed by atoms with E-state index in [0.29, 0.717) is 28.3 Å². The monoisotopic (exact) mass is 706 g/mol. The first kappa shape index (κ1) is 35.0. The average molecular weight is 707 g/mol. The molecule has 48 heavy (non-hydrogen) atoms. The van der Waals surface area contributed by atoms with E-state index in [1.807, 2.05) is 6.07 Å². The second-order valence-electron chi connectivity index (χ2n) is 10.6. The molecule has 17 nitrogen and oxygen atoms in total. The number of phosphoric ester groups is 1. The molecule has 5 unspecified atom stereocenters. The molecule has 0 radical (unpaired) electrons. The van der Waals surface area contributed by atoms with E-state index in [4.69, 9.17) is 23.8 Å². The SMILES string of the molecule is COc1cccc(-c2cn3c(=O)n(C4CC(OC(=O)Nc5ccccc5)C(COP(=O)(O)OP(=O)(O)CCCC(=O)O)O4)ccc3n2)c1. The van der Waals surface area contributed by atoms with Crippen molar-refractivity contribution >= 4 is 38.8 Å². The molecule has 0 aliphatic carbocycles. The highest BCUT2D eigenvalue weighted by molar-refractivity contribution is 7.64. The van der Waals surface area contributed by atoms with E-state index in [0.717, 1.165) is 0 Å². The van der Waals surface area contributed by atoms with Gasteiger partial charge in [0.25, 0.3) is 0 Å². The van der Waals surface area contributed by atoms with Crippen LogP contribution in [0.25, 0.3) is 16.9 Å². The predicted molar refractivity (Wildman–Crippen MR) is 169 cm³/mol. The minimum Gasteiger partial charge on any atom is -0.497 e. The number of aromatic nitrogens is 3. The number of carbonyl (C=O) groups is 2. The van der Waals surface area contributed by atoms with Crippen molar-refractivity contribution in [1.82, 2.24) is 14.0 Å².